The highest BCUT2D eigenvalue weighted by Gasteiger charge is 2.33. The van der Waals surface area contributed by atoms with E-state index in [0.717, 1.165) is 32.6 Å². The predicted octanol–water partition coefficient (Wildman–Crippen LogP) is 2.75. The van der Waals surface area contributed by atoms with Crippen molar-refractivity contribution in [2.45, 2.75) is 52.5 Å². The molecule has 0 aromatic heterocycles. The molecule has 116 valence electrons. The topological polar surface area (TPSA) is 41.5 Å². The zero-order chi connectivity index (χ0) is 14.6. The summed E-state index contributed by atoms with van der Waals surface area (Å²) in [7, 11) is 0. The summed E-state index contributed by atoms with van der Waals surface area (Å²) in [4.78, 5) is 0. The van der Waals surface area contributed by atoms with E-state index < -0.39 is 0 Å². The zero-order valence-corrected chi connectivity index (χ0v) is 13.3. The largest absolute Gasteiger partial charge is 0.396 e. The molecule has 0 amide bonds. The maximum absolute atomic E-state index is 9.71. The number of rotatable bonds is 4. The SMILES string of the molecule is CC(C)(C)C1C=CC(NCC2(CO)CCOCC2)CC1. The molecule has 1 heterocycles. The molecule has 20 heavy (non-hydrogen) atoms. The third-order valence-corrected chi connectivity index (χ3v) is 5.10. The van der Waals surface area contributed by atoms with Gasteiger partial charge in [-0.25, -0.2) is 0 Å². The minimum Gasteiger partial charge on any atom is -0.396 e. The van der Waals surface area contributed by atoms with Crippen LogP contribution in [0.2, 0.25) is 0 Å². The molecule has 0 aromatic carbocycles. The van der Waals surface area contributed by atoms with Crippen LogP contribution in [0.15, 0.2) is 12.2 Å². The van der Waals surface area contributed by atoms with Gasteiger partial charge in [-0.1, -0.05) is 32.9 Å². The molecule has 1 aliphatic carbocycles. The molecule has 2 aliphatic rings. The highest BCUT2D eigenvalue weighted by Crippen LogP contribution is 2.34. The molecule has 1 aliphatic heterocycles. The van der Waals surface area contributed by atoms with E-state index >= 15 is 0 Å². The number of hydrogen-bond acceptors (Lipinski definition) is 3. The van der Waals surface area contributed by atoms with Crippen molar-refractivity contribution in [3.05, 3.63) is 12.2 Å². The van der Waals surface area contributed by atoms with Gasteiger partial charge in [0.25, 0.3) is 0 Å². The Morgan fingerprint density at radius 2 is 1.90 bits per heavy atom. The summed E-state index contributed by atoms with van der Waals surface area (Å²) < 4.78 is 5.42. The smallest absolute Gasteiger partial charge is 0.0501 e. The molecule has 2 N–H and O–H groups in total. The van der Waals surface area contributed by atoms with E-state index in [1.54, 1.807) is 0 Å². The Balaban J connectivity index is 1.83. The van der Waals surface area contributed by atoms with E-state index in [9.17, 15) is 5.11 Å². The Bertz CT molecular complexity index is 326. The Hall–Kier alpha value is -0.380. The van der Waals surface area contributed by atoms with E-state index in [2.05, 4.69) is 38.2 Å². The van der Waals surface area contributed by atoms with Gasteiger partial charge in [-0.05, 0) is 37.0 Å². The number of hydrogen-bond donors (Lipinski definition) is 2. The average molecular weight is 281 g/mol. The van der Waals surface area contributed by atoms with Gasteiger partial charge in [0, 0.05) is 31.2 Å². The van der Waals surface area contributed by atoms with Crippen LogP contribution in [-0.4, -0.2) is 37.5 Å². The maximum Gasteiger partial charge on any atom is 0.0501 e. The lowest BCUT2D eigenvalue weighted by atomic mass is 9.74. The second-order valence-electron chi connectivity index (χ2n) is 7.69. The Morgan fingerprint density at radius 3 is 2.40 bits per heavy atom. The van der Waals surface area contributed by atoms with Crippen LogP contribution < -0.4 is 5.32 Å². The van der Waals surface area contributed by atoms with Crippen LogP contribution in [-0.2, 0) is 4.74 Å². The molecular formula is C17H31NO2. The van der Waals surface area contributed by atoms with Gasteiger partial charge in [-0.3, -0.25) is 0 Å². The van der Waals surface area contributed by atoms with E-state index in [4.69, 9.17) is 4.74 Å². The second-order valence-corrected chi connectivity index (χ2v) is 7.69. The van der Waals surface area contributed by atoms with Crippen molar-refractivity contribution in [3.8, 4) is 0 Å². The number of aliphatic hydroxyl groups is 1. The summed E-state index contributed by atoms with van der Waals surface area (Å²) in [6.45, 7) is 9.70. The summed E-state index contributed by atoms with van der Waals surface area (Å²) in [5.74, 6) is 0.690. The fourth-order valence-corrected chi connectivity index (χ4v) is 3.25. The van der Waals surface area contributed by atoms with Crippen LogP contribution in [0.4, 0.5) is 0 Å². The van der Waals surface area contributed by atoms with Gasteiger partial charge < -0.3 is 15.2 Å². The fraction of sp³-hybridized carbons (Fsp3) is 0.882. The first-order chi connectivity index (χ1) is 9.45. The number of ether oxygens (including phenoxy) is 1. The lowest BCUT2D eigenvalue weighted by molar-refractivity contribution is -0.0162. The summed E-state index contributed by atoms with van der Waals surface area (Å²) in [5.41, 5.74) is 0.404. The van der Waals surface area contributed by atoms with E-state index in [1.165, 1.54) is 12.8 Å². The molecule has 2 rings (SSSR count). The molecule has 3 nitrogen and oxygen atoms in total. The van der Waals surface area contributed by atoms with Crippen LogP contribution in [0.3, 0.4) is 0 Å². The molecule has 0 bridgehead atoms. The highest BCUT2D eigenvalue weighted by atomic mass is 16.5. The number of allylic oxidation sites excluding steroid dienone is 1. The minimum atomic E-state index is 0.0347. The third-order valence-electron chi connectivity index (χ3n) is 5.10. The Morgan fingerprint density at radius 1 is 1.20 bits per heavy atom. The number of nitrogens with one attached hydrogen (secondary N) is 1. The first-order valence-corrected chi connectivity index (χ1v) is 8.06. The van der Waals surface area contributed by atoms with Gasteiger partial charge >= 0.3 is 0 Å². The lowest BCUT2D eigenvalue weighted by Crippen LogP contribution is -2.45. The fourth-order valence-electron chi connectivity index (χ4n) is 3.25. The van der Waals surface area contributed by atoms with Crippen molar-refractivity contribution >= 4 is 0 Å². The molecule has 1 fully saturated rings. The van der Waals surface area contributed by atoms with Gasteiger partial charge in [-0.2, -0.15) is 0 Å². The van der Waals surface area contributed by atoms with Crippen LogP contribution >= 0.6 is 0 Å². The molecule has 2 unspecified atom stereocenters. The molecule has 0 radical (unpaired) electrons. The van der Waals surface area contributed by atoms with Gasteiger partial charge in [-0.15, -0.1) is 0 Å². The summed E-state index contributed by atoms with van der Waals surface area (Å²) >= 11 is 0. The Kier molecular flexibility index (Phi) is 5.27. The van der Waals surface area contributed by atoms with Gasteiger partial charge in [0.05, 0.1) is 6.61 Å². The van der Waals surface area contributed by atoms with Crippen molar-refractivity contribution in [2.75, 3.05) is 26.4 Å². The molecule has 0 saturated carbocycles. The first kappa shape index (κ1) is 16.0. The van der Waals surface area contributed by atoms with Crippen LogP contribution in [0.1, 0.15) is 46.5 Å². The Labute approximate surface area is 123 Å². The van der Waals surface area contributed by atoms with E-state index in [-0.39, 0.29) is 12.0 Å². The summed E-state index contributed by atoms with van der Waals surface area (Å²) in [6.07, 6.45) is 9.12. The second kappa shape index (κ2) is 6.59. The zero-order valence-electron chi connectivity index (χ0n) is 13.3. The van der Waals surface area contributed by atoms with Gasteiger partial charge in [0.1, 0.15) is 0 Å². The molecule has 3 heteroatoms. The third kappa shape index (κ3) is 4.06. The van der Waals surface area contributed by atoms with Gasteiger partial charge in [0.2, 0.25) is 0 Å². The van der Waals surface area contributed by atoms with Crippen LogP contribution in [0.25, 0.3) is 0 Å². The standard InChI is InChI=1S/C17H31NO2/c1-16(2,3)14-4-6-15(7-5-14)18-12-17(13-19)8-10-20-11-9-17/h4,6,14-15,18-19H,5,7-13H2,1-3H3. The van der Waals surface area contributed by atoms with Crippen LogP contribution in [0, 0.1) is 16.7 Å². The monoisotopic (exact) mass is 281 g/mol. The quantitative estimate of drug-likeness (QED) is 0.779. The van der Waals surface area contributed by atoms with Crippen molar-refractivity contribution in [1.82, 2.24) is 5.32 Å². The lowest BCUT2D eigenvalue weighted by Gasteiger charge is -2.38. The molecule has 0 spiro atoms. The van der Waals surface area contributed by atoms with E-state index in [1.807, 2.05) is 0 Å². The number of aliphatic hydroxyl groups excluding tert-OH is 1. The minimum absolute atomic E-state index is 0.0347. The molecule has 1 saturated heterocycles. The summed E-state index contributed by atoms with van der Waals surface area (Å²) in [5, 5.41) is 13.4. The molecule has 2 atom stereocenters. The highest BCUT2D eigenvalue weighted by molar-refractivity contribution is 5.05. The van der Waals surface area contributed by atoms with Gasteiger partial charge in [0.15, 0.2) is 0 Å². The van der Waals surface area contributed by atoms with Crippen molar-refractivity contribution in [2.24, 2.45) is 16.7 Å². The van der Waals surface area contributed by atoms with Crippen molar-refractivity contribution in [3.63, 3.8) is 0 Å². The average Bonchev–Trinajstić information content (AvgIpc) is 2.46. The van der Waals surface area contributed by atoms with E-state index in [0.29, 0.717) is 17.4 Å². The predicted molar refractivity (Wildman–Crippen MR) is 82.7 cm³/mol. The molecule has 0 aromatic rings. The van der Waals surface area contributed by atoms with Crippen molar-refractivity contribution in [1.29, 1.82) is 0 Å². The maximum atomic E-state index is 9.71. The molecular weight excluding hydrogens is 250 g/mol. The summed E-state index contributed by atoms with van der Waals surface area (Å²) in [6, 6.07) is 0.472. The normalized spacial score (nSPS) is 30.4. The first-order valence-electron chi connectivity index (χ1n) is 8.06. The van der Waals surface area contributed by atoms with Crippen LogP contribution in [0.5, 0.6) is 0 Å². The van der Waals surface area contributed by atoms with Crippen molar-refractivity contribution < 1.29 is 9.84 Å².